The highest BCUT2D eigenvalue weighted by molar-refractivity contribution is 7.92. The Morgan fingerprint density at radius 2 is 1.77 bits per heavy atom. The van der Waals surface area contributed by atoms with Crippen LogP contribution in [0, 0.1) is 5.82 Å². The van der Waals surface area contributed by atoms with Crippen LogP contribution in [0.4, 0.5) is 23.2 Å². The van der Waals surface area contributed by atoms with E-state index in [1.165, 1.54) is 31.2 Å². The van der Waals surface area contributed by atoms with Crippen molar-refractivity contribution in [1.29, 1.82) is 0 Å². The minimum atomic E-state index is -4.73. The van der Waals surface area contributed by atoms with E-state index in [1.54, 1.807) is 0 Å². The fourth-order valence-corrected chi connectivity index (χ4v) is 3.46. The van der Waals surface area contributed by atoms with Crippen molar-refractivity contribution in [2.45, 2.75) is 13.1 Å². The molecule has 1 amide bonds. The average Bonchev–Trinajstić information content (AvgIpc) is 2.63. The first-order chi connectivity index (χ1) is 13.8. The Bertz CT molecular complexity index is 1070. The first-order valence-corrected chi connectivity index (χ1v) is 10.4. The molecular weight excluding hydrogens is 450 g/mol. The van der Waals surface area contributed by atoms with Crippen LogP contribution in [0.15, 0.2) is 47.6 Å². The lowest BCUT2D eigenvalue weighted by molar-refractivity contribution is -0.137. The number of nitrogens with zero attached hydrogens (tertiary/aromatic N) is 2. The molecular formula is C18H16ClF4N3O3S. The molecule has 1 N–H and O–H groups in total. The molecule has 162 valence electrons. The number of hydrogen-bond donors (Lipinski definition) is 1. The van der Waals surface area contributed by atoms with Crippen molar-refractivity contribution >= 4 is 38.9 Å². The van der Waals surface area contributed by atoms with Crippen molar-refractivity contribution in [2.75, 3.05) is 17.1 Å². The number of hydrazone groups is 1. The van der Waals surface area contributed by atoms with Crippen molar-refractivity contribution in [3.8, 4) is 0 Å². The fraction of sp³-hybridized carbons (Fsp3) is 0.222. The molecule has 30 heavy (non-hydrogen) atoms. The molecule has 0 aromatic heterocycles. The van der Waals surface area contributed by atoms with E-state index in [1.807, 2.05) is 0 Å². The van der Waals surface area contributed by atoms with E-state index in [9.17, 15) is 30.8 Å². The lowest BCUT2D eigenvalue weighted by Gasteiger charge is -2.23. The SMILES string of the molecule is C/C(=N/NC(=O)CN(c1cc(C(F)(F)F)ccc1Cl)S(C)(=O)=O)c1ccc(F)cc1. The van der Waals surface area contributed by atoms with Crippen LogP contribution in [0.5, 0.6) is 0 Å². The molecule has 0 saturated heterocycles. The normalized spacial score (nSPS) is 12.6. The van der Waals surface area contributed by atoms with Gasteiger partial charge in [0.1, 0.15) is 12.4 Å². The van der Waals surface area contributed by atoms with Crippen LogP contribution in [0.25, 0.3) is 0 Å². The maximum Gasteiger partial charge on any atom is 0.416 e. The molecule has 0 saturated carbocycles. The number of carbonyl (C=O) groups is 1. The molecule has 0 fully saturated rings. The zero-order chi connectivity index (χ0) is 22.7. The number of halogens is 5. The van der Waals surface area contributed by atoms with E-state index in [-0.39, 0.29) is 5.02 Å². The molecule has 2 aromatic carbocycles. The molecule has 0 aliphatic heterocycles. The predicted molar refractivity (Wildman–Crippen MR) is 105 cm³/mol. The van der Waals surface area contributed by atoms with E-state index < -0.39 is 45.7 Å². The second kappa shape index (κ2) is 9.00. The molecule has 0 atom stereocenters. The predicted octanol–water partition coefficient (Wildman–Crippen LogP) is 3.80. The van der Waals surface area contributed by atoms with Crippen molar-refractivity contribution in [1.82, 2.24) is 5.43 Å². The average molecular weight is 466 g/mol. The zero-order valence-electron chi connectivity index (χ0n) is 15.7. The summed E-state index contributed by atoms with van der Waals surface area (Å²) in [5.74, 6) is -1.38. The molecule has 0 spiro atoms. The van der Waals surface area contributed by atoms with Crippen molar-refractivity contribution < 1.29 is 30.8 Å². The lowest BCUT2D eigenvalue weighted by Crippen LogP contribution is -2.39. The Hall–Kier alpha value is -2.66. The standard InChI is InChI=1S/C18H16ClF4N3O3S/c1-11(12-3-6-14(20)7-4-12)24-25-17(27)10-26(30(2,28)29)16-9-13(18(21,22)23)5-8-15(16)19/h3-9H,10H2,1-2H3,(H,25,27)/b24-11-. The monoisotopic (exact) mass is 465 g/mol. The van der Waals surface area contributed by atoms with Crippen molar-refractivity contribution in [3.63, 3.8) is 0 Å². The number of nitrogens with one attached hydrogen (secondary N) is 1. The van der Waals surface area contributed by atoms with Gasteiger partial charge in [-0.1, -0.05) is 23.7 Å². The minimum Gasteiger partial charge on any atom is -0.271 e. The third-order valence-corrected chi connectivity index (χ3v) is 5.29. The molecule has 12 heteroatoms. The van der Waals surface area contributed by atoms with Gasteiger partial charge in [-0.25, -0.2) is 18.2 Å². The Balaban J connectivity index is 2.27. The number of anilines is 1. The van der Waals surface area contributed by atoms with E-state index in [2.05, 4.69) is 10.5 Å². The summed E-state index contributed by atoms with van der Waals surface area (Å²) in [6, 6.07) is 7.37. The number of carbonyl (C=O) groups excluding carboxylic acids is 1. The molecule has 0 heterocycles. The summed E-state index contributed by atoms with van der Waals surface area (Å²) in [6.07, 6.45) is -4.01. The van der Waals surface area contributed by atoms with Crippen LogP contribution in [-0.2, 0) is 21.0 Å². The number of alkyl halides is 3. The van der Waals surface area contributed by atoms with Gasteiger partial charge in [-0.05, 0) is 42.8 Å². The second-order valence-corrected chi connectivity index (χ2v) is 8.49. The first kappa shape index (κ1) is 23.6. The smallest absolute Gasteiger partial charge is 0.271 e. The summed E-state index contributed by atoms with van der Waals surface area (Å²) in [6.45, 7) is 0.658. The van der Waals surface area contributed by atoms with Gasteiger partial charge in [-0.2, -0.15) is 18.3 Å². The largest absolute Gasteiger partial charge is 0.416 e. The van der Waals surface area contributed by atoms with Crippen molar-refractivity contribution in [2.24, 2.45) is 5.10 Å². The van der Waals surface area contributed by atoms with Gasteiger partial charge in [0.15, 0.2) is 0 Å². The zero-order valence-corrected chi connectivity index (χ0v) is 17.2. The molecule has 0 aliphatic carbocycles. The van der Waals surface area contributed by atoms with Gasteiger partial charge in [0, 0.05) is 0 Å². The summed E-state index contributed by atoms with van der Waals surface area (Å²) in [5.41, 5.74) is 1.29. The highest BCUT2D eigenvalue weighted by atomic mass is 35.5. The highest BCUT2D eigenvalue weighted by Gasteiger charge is 2.33. The summed E-state index contributed by atoms with van der Waals surface area (Å²) in [5, 5.41) is 3.51. The fourth-order valence-electron chi connectivity index (χ4n) is 2.33. The summed E-state index contributed by atoms with van der Waals surface area (Å²) in [7, 11) is -4.16. The maximum absolute atomic E-state index is 13.0. The third kappa shape index (κ3) is 6.17. The van der Waals surface area contributed by atoms with E-state index >= 15 is 0 Å². The third-order valence-electron chi connectivity index (χ3n) is 3.84. The van der Waals surface area contributed by atoms with Crippen LogP contribution in [0.2, 0.25) is 5.02 Å². The van der Waals surface area contributed by atoms with Crippen molar-refractivity contribution in [3.05, 3.63) is 64.4 Å². The Labute approximate surface area is 175 Å². The lowest BCUT2D eigenvalue weighted by atomic mass is 10.1. The molecule has 6 nitrogen and oxygen atoms in total. The quantitative estimate of drug-likeness (QED) is 0.400. The number of rotatable bonds is 6. The maximum atomic E-state index is 13.0. The molecule has 2 aromatic rings. The van der Waals surface area contributed by atoms with Crippen LogP contribution < -0.4 is 9.73 Å². The topological polar surface area (TPSA) is 78.8 Å². The Morgan fingerprint density at radius 3 is 2.30 bits per heavy atom. The first-order valence-electron chi connectivity index (χ1n) is 8.22. The Morgan fingerprint density at radius 1 is 1.17 bits per heavy atom. The van der Waals surface area contributed by atoms with Crippen LogP contribution in [0.1, 0.15) is 18.1 Å². The Kier molecular flexibility index (Phi) is 7.09. The van der Waals surface area contributed by atoms with E-state index in [0.29, 0.717) is 27.7 Å². The van der Waals surface area contributed by atoms with Gasteiger partial charge in [0.25, 0.3) is 5.91 Å². The molecule has 2 rings (SSSR count). The van der Waals surface area contributed by atoms with Crippen LogP contribution in [-0.4, -0.2) is 32.8 Å². The van der Waals surface area contributed by atoms with E-state index in [4.69, 9.17) is 11.6 Å². The second-order valence-electron chi connectivity index (χ2n) is 6.17. The molecule has 0 unspecified atom stereocenters. The molecule has 0 bridgehead atoms. The van der Waals surface area contributed by atoms with Gasteiger partial charge in [0.2, 0.25) is 10.0 Å². The number of sulfonamides is 1. The number of hydrogen-bond acceptors (Lipinski definition) is 4. The van der Waals surface area contributed by atoms with Gasteiger partial charge >= 0.3 is 6.18 Å². The van der Waals surface area contributed by atoms with Crippen LogP contribution >= 0.6 is 11.6 Å². The summed E-state index contributed by atoms with van der Waals surface area (Å²) < 4.78 is 76.6. The highest BCUT2D eigenvalue weighted by Crippen LogP contribution is 2.36. The van der Waals surface area contributed by atoms with Gasteiger partial charge in [-0.3, -0.25) is 9.10 Å². The van der Waals surface area contributed by atoms with Gasteiger partial charge in [-0.15, -0.1) is 0 Å². The number of amides is 1. The van der Waals surface area contributed by atoms with Gasteiger partial charge < -0.3 is 0 Å². The molecule has 0 aliphatic rings. The number of benzene rings is 2. The summed E-state index contributed by atoms with van der Waals surface area (Å²) >= 11 is 5.89. The van der Waals surface area contributed by atoms with E-state index in [0.717, 1.165) is 12.3 Å². The minimum absolute atomic E-state index is 0.285. The summed E-state index contributed by atoms with van der Waals surface area (Å²) in [4.78, 5) is 12.2. The molecule has 0 radical (unpaired) electrons. The van der Waals surface area contributed by atoms with Crippen LogP contribution in [0.3, 0.4) is 0 Å². The van der Waals surface area contributed by atoms with Gasteiger partial charge in [0.05, 0.1) is 28.2 Å².